The number of amides is 2. The second-order valence-corrected chi connectivity index (χ2v) is 5.73. The molecule has 5 nitrogen and oxygen atoms in total. The molecule has 0 radical (unpaired) electrons. The van der Waals surface area contributed by atoms with E-state index in [0.29, 0.717) is 19.6 Å². The van der Waals surface area contributed by atoms with Crippen molar-refractivity contribution < 1.29 is 9.59 Å². The number of fused-ring (bicyclic) bond motifs is 1. The van der Waals surface area contributed by atoms with Gasteiger partial charge in [0, 0.05) is 38.4 Å². The average molecular weight is 299 g/mol. The smallest absolute Gasteiger partial charge is 0.246 e. The summed E-state index contributed by atoms with van der Waals surface area (Å²) in [6.07, 6.45) is 2.28. The van der Waals surface area contributed by atoms with Crippen molar-refractivity contribution in [2.75, 3.05) is 44.2 Å². The maximum absolute atomic E-state index is 12.5. The Hall–Kier alpha value is -2.14. The molecule has 0 aromatic heterocycles. The number of carbonyl (C=O) groups excluding carboxylic acids is 2. The number of hydrogen-bond acceptors (Lipinski definition) is 3. The number of anilines is 1. The summed E-state index contributed by atoms with van der Waals surface area (Å²) in [4.78, 5) is 29.9. The van der Waals surface area contributed by atoms with Crippen LogP contribution in [0.2, 0.25) is 0 Å². The third kappa shape index (κ3) is 2.90. The zero-order chi connectivity index (χ0) is 15.5. The molecule has 0 aliphatic carbocycles. The van der Waals surface area contributed by atoms with Crippen LogP contribution in [0, 0.1) is 0 Å². The van der Waals surface area contributed by atoms with Crippen molar-refractivity contribution in [3.63, 3.8) is 0 Å². The highest BCUT2D eigenvalue weighted by Gasteiger charge is 2.27. The summed E-state index contributed by atoms with van der Waals surface area (Å²) in [5.41, 5.74) is 2.30. The van der Waals surface area contributed by atoms with Crippen LogP contribution in [0.15, 0.2) is 36.9 Å². The summed E-state index contributed by atoms with van der Waals surface area (Å²) in [5.74, 6) is 0.118. The first kappa shape index (κ1) is 14.8. The summed E-state index contributed by atoms with van der Waals surface area (Å²) in [7, 11) is 0. The lowest BCUT2D eigenvalue weighted by Crippen LogP contribution is -2.51. The van der Waals surface area contributed by atoms with Crippen LogP contribution in [-0.4, -0.2) is 60.9 Å². The van der Waals surface area contributed by atoms with Crippen LogP contribution in [0.25, 0.3) is 0 Å². The third-order valence-corrected chi connectivity index (χ3v) is 4.41. The fraction of sp³-hybridized carbons (Fsp3) is 0.412. The molecule has 5 heteroatoms. The number of carbonyl (C=O) groups is 2. The molecule has 3 rings (SSSR count). The molecule has 0 bridgehead atoms. The summed E-state index contributed by atoms with van der Waals surface area (Å²) < 4.78 is 0. The molecule has 2 heterocycles. The SMILES string of the molecule is C=CC(=O)N1CCN(CC(=O)N2CCc3ccccc32)CC1. The quantitative estimate of drug-likeness (QED) is 0.779. The largest absolute Gasteiger partial charge is 0.337 e. The van der Waals surface area contributed by atoms with Crippen LogP contribution in [-0.2, 0) is 16.0 Å². The van der Waals surface area contributed by atoms with Gasteiger partial charge >= 0.3 is 0 Å². The zero-order valence-corrected chi connectivity index (χ0v) is 12.7. The Morgan fingerprint density at radius 1 is 1.09 bits per heavy atom. The van der Waals surface area contributed by atoms with Gasteiger partial charge in [-0.15, -0.1) is 0 Å². The molecule has 1 fully saturated rings. The van der Waals surface area contributed by atoms with E-state index in [1.54, 1.807) is 4.90 Å². The molecule has 0 saturated carbocycles. The van der Waals surface area contributed by atoms with Crippen LogP contribution >= 0.6 is 0 Å². The highest BCUT2D eigenvalue weighted by molar-refractivity contribution is 5.96. The average Bonchev–Trinajstić information content (AvgIpc) is 2.99. The minimum Gasteiger partial charge on any atom is -0.337 e. The number of para-hydroxylation sites is 1. The van der Waals surface area contributed by atoms with Gasteiger partial charge in [0.05, 0.1) is 6.54 Å². The minimum absolute atomic E-state index is 0.0283. The molecule has 2 amide bonds. The van der Waals surface area contributed by atoms with Gasteiger partial charge in [-0.3, -0.25) is 14.5 Å². The summed E-state index contributed by atoms with van der Waals surface area (Å²) >= 11 is 0. The zero-order valence-electron chi connectivity index (χ0n) is 12.7. The normalized spacial score (nSPS) is 18.2. The van der Waals surface area contributed by atoms with Crippen LogP contribution < -0.4 is 4.90 Å². The molecule has 2 aliphatic heterocycles. The fourth-order valence-electron chi connectivity index (χ4n) is 3.13. The lowest BCUT2D eigenvalue weighted by Gasteiger charge is -2.34. The van der Waals surface area contributed by atoms with Crippen LogP contribution in [0.4, 0.5) is 5.69 Å². The Kier molecular flexibility index (Phi) is 4.24. The van der Waals surface area contributed by atoms with E-state index < -0.39 is 0 Å². The second kappa shape index (κ2) is 6.32. The highest BCUT2D eigenvalue weighted by Crippen LogP contribution is 2.27. The molecule has 0 N–H and O–H groups in total. The predicted molar refractivity (Wildman–Crippen MR) is 85.7 cm³/mol. The first-order chi connectivity index (χ1) is 10.7. The Labute approximate surface area is 130 Å². The predicted octanol–water partition coefficient (Wildman–Crippen LogP) is 0.906. The molecular formula is C17H21N3O2. The van der Waals surface area contributed by atoms with E-state index in [4.69, 9.17) is 0 Å². The molecule has 1 saturated heterocycles. The number of piperazine rings is 1. The summed E-state index contributed by atoms with van der Waals surface area (Å²) in [5, 5.41) is 0. The van der Waals surface area contributed by atoms with Crippen LogP contribution in [0.1, 0.15) is 5.56 Å². The van der Waals surface area contributed by atoms with Gasteiger partial charge in [-0.1, -0.05) is 24.8 Å². The van der Waals surface area contributed by atoms with Gasteiger partial charge in [0.25, 0.3) is 0 Å². The molecule has 0 atom stereocenters. The Balaban J connectivity index is 1.56. The van der Waals surface area contributed by atoms with E-state index >= 15 is 0 Å². The van der Waals surface area contributed by atoms with Gasteiger partial charge in [0.15, 0.2) is 0 Å². The first-order valence-electron chi connectivity index (χ1n) is 7.71. The fourth-order valence-corrected chi connectivity index (χ4v) is 3.13. The third-order valence-electron chi connectivity index (χ3n) is 4.41. The van der Waals surface area contributed by atoms with Gasteiger partial charge in [-0.2, -0.15) is 0 Å². The molecular weight excluding hydrogens is 278 g/mol. The molecule has 22 heavy (non-hydrogen) atoms. The standard InChI is InChI=1S/C17H21N3O2/c1-2-16(21)19-11-9-18(10-12-19)13-17(22)20-8-7-14-5-3-4-6-15(14)20/h2-6H,1,7-13H2. The summed E-state index contributed by atoms with van der Waals surface area (Å²) in [6, 6.07) is 8.09. The van der Waals surface area contributed by atoms with Crippen molar-refractivity contribution in [3.8, 4) is 0 Å². The highest BCUT2D eigenvalue weighted by atomic mass is 16.2. The number of rotatable bonds is 3. The van der Waals surface area contributed by atoms with Gasteiger partial charge in [-0.05, 0) is 24.1 Å². The molecule has 0 spiro atoms. The van der Waals surface area contributed by atoms with Crippen molar-refractivity contribution in [2.45, 2.75) is 6.42 Å². The minimum atomic E-state index is -0.0283. The van der Waals surface area contributed by atoms with E-state index in [1.807, 2.05) is 23.1 Å². The van der Waals surface area contributed by atoms with Crippen molar-refractivity contribution >= 4 is 17.5 Å². The lowest BCUT2D eigenvalue weighted by atomic mass is 10.2. The van der Waals surface area contributed by atoms with E-state index in [2.05, 4.69) is 17.5 Å². The number of hydrogen-bond donors (Lipinski definition) is 0. The maximum Gasteiger partial charge on any atom is 0.246 e. The monoisotopic (exact) mass is 299 g/mol. The second-order valence-electron chi connectivity index (χ2n) is 5.73. The summed E-state index contributed by atoms with van der Waals surface area (Å²) in [6.45, 7) is 7.50. The van der Waals surface area contributed by atoms with Crippen molar-refractivity contribution in [1.29, 1.82) is 0 Å². The van der Waals surface area contributed by atoms with E-state index in [0.717, 1.165) is 31.7 Å². The topological polar surface area (TPSA) is 43.9 Å². The number of benzene rings is 1. The van der Waals surface area contributed by atoms with Gasteiger partial charge in [0.1, 0.15) is 0 Å². The molecule has 116 valence electrons. The molecule has 1 aromatic carbocycles. The van der Waals surface area contributed by atoms with E-state index in [9.17, 15) is 9.59 Å². The Morgan fingerprint density at radius 3 is 2.55 bits per heavy atom. The van der Waals surface area contributed by atoms with Gasteiger partial charge in [-0.25, -0.2) is 0 Å². The van der Waals surface area contributed by atoms with Crippen molar-refractivity contribution in [1.82, 2.24) is 9.80 Å². The van der Waals surface area contributed by atoms with Crippen LogP contribution in [0.3, 0.4) is 0 Å². The van der Waals surface area contributed by atoms with Crippen molar-refractivity contribution in [2.24, 2.45) is 0 Å². The number of nitrogens with zero attached hydrogens (tertiary/aromatic N) is 3. The molecule has 0 unspecified atom stereocenters. The van der Waals surface area contributed by atoms with Gasteiger partial charge in [0.2, 0.25) is 11.8 Å². The maximum atomic E-state index is 12.5. The van der Waals surface area contributed by atoms with Crippen LogP contribution in [0.5, 0.6) is 0 Å². The Bertz CT molecular complexity index is 591. The van der Waals surface area contributed by atoms with E-state index in [1.165, 1.54) is 11.6 Å². The van der Waals surface area contributed by atoms with E-state index in [-0.39, 0.29) is 11.8 Å². The van der Waals surface area contributed by atoms with Gasteiger partial charge < -0.3 is 9.80 Å². The Morgan fingerprint density at radius 2 is 1.82 bits per heavy atom. The first-order valence-corrected chi connectivity index (χ1v) is 7.71. The molecule has 1 aromatic rings. The van der Waals surface area contributed by atoms with Crippen molar-refractivity contribution in [3.05, 3.63) is 42.5 Å². The molecule has 2 aliphatic rings. The lowest BCUT2D eigenvalue weighted by molar-refractivity contribution is -0.128.